The summed E-state index contributed by atoms with van der Waals surface area (Å²) in [7, 11) is 1.82. The van der Waals surface area contributed by atoms with Gasteiger partial charge in [-0.1, -0.05) is 41.4 Å². The average molecular weight is 250 g/mol. The monoisotopic (exact) mass is 249 g/mol. The van der Waals surface area contributed by atoms with E-state index >= 15 is 0 Å². The molecular weight excluding hydrogens is 234 g/mol. The lowest BCUT2D eigenvalue weighted by Crippen LogP contribution is -1.96. The summed E-state index contributed by atoms with van der Waals surface area (Å²) in [6, 6.07) is 8.50. The van der Waals surface area contributed by atoms with Gasteiger partial charge >= 0.3 is 0 Å². The summed E-state index contributed by atoms with van der Waals surface area (Å²) in [5.41, 5.74) is 9.13. The summed E-state index contributed by atoms with van der Waals surface area (Å²) in [5, 5.41) is 0.634. The molecule has 0 aliphatic rings. The molecule has 4 heteroatoms. The van der Waals surface area contributed by atoms with Crippen LogP contribution in [-0.2, 0) is 19.9 Å². The SMILES string of the molecule is Cc1ccc(CCc2nc(N)n(C)c2Cl)cc1. The van der Waals surface area contributed by atoms with E-state index in [1.165, 1.54) is 11.1 Å². The maximum absolute atomic E-state index is 6.13. The van der Waals surface area contributed by atoms with Gasteiger partial charge in [-0.3, -0.25) is 0 Å². The summed E-state index contributed by atoms with van der Waals surface area (Å²) in [5.74, 6) is 0.467. The molecule has 2 aromatic rings. The normalized spacial score (nSPS) is 10.8. The Hall–Kier alpha value is -1.48. The van der Waals surface area contributed by atoms with Crippen LogP contribution in [0.15, 0.2) is 24.3 Å². The van der Waals surface area contributed by atoms with Crippen LogP contribution >= 0.6 is 11.6 Å². The number of aryl methyl sites for hydroxylation is 3. The number of aromatic nitrogens is 2. The summed E-state index contributed by atoms with van der Waals surface area (Å²) in [4.78, 5) is 4.25. The van der Waals surface area contributed by atoms with Crippen molar-refractivity contribution in [2.24, 2.45) is 7.05 Å². The molecule has 0 saturated heterocycles. The highest BCUT2D eigenvalue weighted by Crippen LogP contribution is 2.19. The van der Waals surface area contributed by atoms with Crippen LogP contribution in [0.2, 0.25) is 5.15 Å². The Bertz CT molecular complexity index is 514. The van der Waals surface area contributed by atoms with Gasteiger partial charge in [0.15, 0.2) is 0 Å². The molecule has 1 aromatic heterocycles. The molecule has 3 nitrogen and oxygen atoms in total. The van der Waals surface area contributed by atoms with Crippen LogP contribution in [-0.4, -0.2) is 9.55 Å². The van der Waals surface area contributed by atoms with Crippen molar-refractivity contribution in [3.05, 3.63) is 46.2 Å². The summed E-state index contributed by atoms with van der Waals surface area (Å²) >= 11 is 6.13. The molecule has 0 amide bonds. The second-order valence-electron chi connectivity index (χ2n) is 4.25. The Morgan fingerprint density at radius 2 is 1.88 bits per heavy atom. The topological polar surface area (TPSA) is 43.8 Å². The third kappa shape index (κ3) is 2.61. The first-order valence-electron chi connectivity index (χ1n) is 5.60. The van der Waals surface area contributed by atoms with E-state index in [4.69, 9.17) is 17.3 Å². The van der Waals surface area contributed by atoms with Crippen molar-refractivity contribution in [3.63, 3.8) is 0 Å². The quantitative estimate of drug-likeness (QED) is 0.909. The summed E-state index contributed by atoms with van der Waals surface area (Å²) < 4.78 is 1.70. The van der Waals surface area contributed by atoms with Gasteiger partial charge in [-0.2, -0.15) is 0 Å². The summed E-state index contributed by atoms with van der Waals surface area (Å²) in [6.07, 6.45) is 1.74. The van der Waals surface area contributed by atoms with Crippen LogP contribution in [0.25, 0.3) is 0 Å². The molecule has 1 heterocycles. The van der Waals surface area contributed by atoms with Crippen LogP contribution in [0.5, 0.6) is 0 Å². The third-order valence-electron chi connectivity index (χ3n) is 2.90. The Kier molecular flexibility index (Phi) is 3.38. The van der Waals surface area contributed by atoms with Crippen molar-refractivity contribution in [2.75, 3.05) is 5.73 Å². The molecule has 0 fully saturated rings. The first kappa shape index (κ1) is 12.0. The van der Waals surface area contributed by atoms with Gasteiger partial charge in [0.1, 0.15) is 5.15 Å². The number of rotatable bonds is 3. The Balaban J connectivity index is 2.07. The fourth-order valence-corrected chi connectivity index (χ4v) is 1.95. The molecule has 90 valence electrons. The van der Waals surface area contributed by atoms with E-state index in [-0.39, 0.29) is 0 Å². The van der Waals surface area contributed by atoms with E-state index in [9.17, 15) is 0 Å². The molecule has 0 radical (unpaired) electrons. The minimum Gasteiger partial charge on any atom is -0.369 e. The Morgan fingerprint density at radius 1 is 1.24 bits per heavy atom. The fraction of sp³-hybridized carbons (Fsp3) is 0.308. The number of hydrogen-bond acceptors (Lipinski definition) is 2. The maximum atomic E-state index is 6.13. The van der Waals surface area contributed by atoms with E-state index in [0.29, 0.717) is 11.1 Å². The molecule has 1 aromatic carbocycles. The third-order valence-corrected chi connectivity index (χ3v) is 3.37. The van der Waals surface area contributed by atoms with E-state index in [1.807, 2.05) is 7.05 Å². The number of nitrogen functional groups attached to an aromatic ring is 1. The molecule has 0 spiro atoms. The lowest BCUT2D eigenvalue weighted by atomic mass is 10.1. The molecular formula is C13H16ClN3. The van der Waals surface area contributed by atoms with Crippen LogP contribution in [0.1, 0.15) is 16.8 Å². The largest absolute Gasteiger partial charge is 0.369 e. The molecule has 2 N–H and O–H groups in total. The highest BCUT2D eigenvalue weighted by Gasteiger charge is 2.10. The second-order valence-corrected chi connectivity index (χ2v) is 4.61. The maximum Gasteiger partial charge on any atom is 0.201 e. The molecule has 0 atom stereocenters. The van der Waals surface area contributed by atoms with Gasteiger partial charge in [0.05, 0.1) is 5.69 Å². The van der Waals surface area contributed by atoms with Gasteiger partial charge in [-0.15, -0.1) is 0 Å². The van der Waals surface area contributed by atoms with Gasteiger partial charge in [-0.25, -0.2) is 4.98 Å². The molecule has 0 bridgehead atoms. The van der Waals surface area contributed by atoms with Gasteiger partial charge in [-0.05, 0) is 25.3 Å². The van der Waals surface area contributed by atoms with Gasteiger partial charge in [0.25, 0.3) is 0 Å². The number of halogens is 1. The van der Waals surface area contributed by atoms with Crippen LogP contribution in [0, 0.1) is 6.92 Å². The zero-order valence-corrected chi connectivity index (χ0v) is 10.8. The number of hydrogen-bond donors (Lipinski definition) is 1. The molecule has 0 aliphatic heterocycles. The van der Waals surface area contributed by atoms with E-state index in [1.54, 1.807) is 4.57 Å². The number of nitrogens with two attached hydrogens (primary N) is 1. The van der Waals surface area contributed by atoms with E-state index < -0.39 is 0 Å². The molecule has 17 heavy (non-hydrogen) atoms. The second kappa shape index (κ2) is 4.80. The smallest absolute Gasteiger partial charge is 0.201 e. The van der Waals surface area contributed by atoms with Gasteiger partial charge < -0.3 is 10.3 Å². The lowest BCUT2D eigenvalue weighted by molar-refractivity contribution is 0.910. The molecule has 2 rings (SSSR count). The van der Waals surface area contributed by atoms with Crippen molar-refractivity contribution in [2.45, 2.75) is 19.8 Å². The lowest BCUT2D eigenvalue weighted by Gasteiger charge is -2.01. The highest BCUT2D eigenvalue weighted by atomic mass is 35.5. The first-order valence-corrected chi connectivity index (χ1v) is 5.98. The predicted molar refractivity (Wildman–Crippen MR) is 71.2 cm³/mol. The van der Waals surface area contributed by atoms with Gasteiger partial charge in [0, 0.05) is 7.05 Å². The van der Waals surface area contributed by atoms with E-state index in [2.05, 4.69) is 36.2 Å². The number of imidazole rings is 1. The van der Waals surface area contributed by atoms with Crippen molar-refractivity contribution >= 4 is 17.5 Å². The molecule has 0 aliphatic carbocycles. The highest BCUT2D eigenvalue weighted by molar-refractivity contribution is 6.30. The van der Waals surface area contributed by atoms with Crippen molar-refractivity contribution in [1.82, 2.24) is 9.55 Å². The fourth-order valence-electron chi connectivity index (χ4n) is 1.73. The van der Waals surface area contributed by atoms with Gasteiger partial charge in [0.2, 0.25) is 5.95 Å². The molecule has 0 unspecified atom stereocenters. The number of anilines is 1. The van der Waals surface area contributed by atoms with Crippen LogP contribution in [0.4, 0.5) is 5.95 Å². The predicted octanol–water partition coefficient (Wildman–Crippen LogP) is 2.75. The van der Waals surface area contributed by atoms with Crippen LogP contribution < -0.4 is 5.73 Å². The zero-order chi connectivity index (χ0) is 12.4. The standard InChI is InChI=1S/C13H16ClN3/c1-9-3-5-10(6-4-9)7-8-11-12(14)17(2)13(15)16-11/h3-6H,7-8H2,1-2H3,(H2,15,16). The Labute approximate surface area is 106 Å². The van der Waals surface area contributed by atoms with Crippen LogP contribution in [0.3, 0.4) is 0 Å². The number of benzene rings is 1. The minimum absolute atomic E-state index is 0.467. The zero-order valence-electron chi connectivity index (χ0n) is 10.1. The van der Waals surface area contributed by atoms with E-state index in [0.717, 1.165) is 18.5 Å². The van der Waals surface area contributed by atoms with Crippen molar-refractivity contribution in [1.29, 1.82) is 0 Å². The number of nitrogens with zero attached hydrogens (tertiary/aromatic N) is 2. The average Bonchev–Trinajstić information content (AvgIpc) is 2.56. The Morgan fingerprint density at radius 3 is 2.41 bits per heavy atom. The first-order chi connectivity index (χ1) is 8.08. The minimum atomic E-state index is 0.467. The van der Waals surface area contributed by atoms with Crippen molar-refractivity contribution < 1.29 is 0 Å². The molecule has 0 saturated carbocycles. The summed E-state index contributed by atoms with van der Waals surface area (Å²) in [6.45, 7) is 2.08. The van der Waals surface area contributed by atoms with Crippen molar-refractivity contribution in [3.8, 4) is 0 Å².